The first-order valence-electron chi connectivity index (χ1n) is 11.5. The number of ketones is 1. The van der Waals surface area contributed by atoms with E-state index in [4.69, 9.17) is 14.2 Å². The van der Waals surface area contributed by atoms with Gasteiger partial charge in [-0.05, 0) is 54.1 Å². The molecule has 0 amide bonds. The van der Waals surface area contributed by atoms with Crippen molar-refractivity contribution in [1.82, 2.24) is 14.8 Å². The van der Waals surface area contributed by atoms with E-state index in [-0.39, 0.29) is 24.5 Å². The zero-order chi connectivity index (χ0) is 27.1. The van der Waals surface area contributed by atoms with Crippen molar-refractivity contribution in [2.75, 3.05) is 20.8 Å². The molecule has 4 rings (SSSR count). The minimum absolute atomic E-state index is 0.152. The molecule has 0 aliphatic heterocycles. The number of nitrogens with zero attached hydrogens (tertiary/aromatic N) is 3. The monoisotopic (exact) mass is 521 g/mol. The van der Waals surface area contributed by atoms with Crippen molar-refractivity contribution in [2.24, 2.45) is 0 Å². The summed E-state index contributed by atoms with van der Waals surface area (Å²) in [5, 5.41) is 15.3. The summed E-state index contributed by atoms with van der Waals surface area (Å²) in [6.07, 6.45) is 5.72. The van der Waals surface area contributed by atoms with Crippen LogP contribution in [0.4, 0.5) is 8.78 Å². The van der Waals surface area contributed by atoms with E-state index in [1.54, 1.807) is 62.8 Å². The van der Waals surface area contributed by atoms with E-state index >= 15 is 0 Å². The van der Waals surface area contributed by atoms with Crippen LogP contribution in [0.25, 0.3) is 6.08 Å². The van der Waals surface area contributed by atoms with Crippen molar-refractivity contribution >= 4 is 11.9 Å². The van der Waals surface area contributed by atoms with E-state index in [9.17, 15) is 18.7 Å². The molecule has 10 heteroatoms. The third-order valence-electron chi connectivity index (χ3n) is 5.74. The Morgan fingerprint density at radius 1 is 1.00 bits per heavy atom. The van der Waals surface area contributed by atoms with Crippen molar-refractivity contribution in [1.29, 1.82) is 0 Å². The van der Waals surface area contributed by atoms with Gasteiger partial charge in [-0.3, -0.25) is 4.79 Å². The van der Waals surface area contributed by atoms with Crippen LogP contribution in [0.1, 0.15) is 21.5 Å². The molecule has 0 radical (unpaired) electrons. The van der Waals surface area contributed by atoms with Gasteiger partial charge in [0.05, 0.1) is 20.8 Å². The quantitative estimate of drug-likeness (QED) is 0.230. The van der Waals surface area contributed by atoms with Crippen LogP contribution in [0.3, 0.4) is 0 Å². The molecule has 1 N–H and O–H groups in total. The zero-order valence-electron chi connectivity index (χ0n) is 20.7. The highest BCUT2D eigenvalue weighted by molar-refractivity contribution is 6.06. The Morgan fingerprint density at radius 3 is 2.32 bits per heavy atom. The molecule has 4 aromatic rings. The van der Waals surface area contributed by atoms with Crippen molar-refractivity contribution in [3.8, 4) is 17.2 Å². The number of ether oxygens (including phenoxy) is 3. The van der Waals surface area contributed by atoms with Crippen LogP contribution in [-0.4, -0.2) is 46.5 Å². The van der Waals surface area contributed by atoms with Gasteiger partial charge in [-0.25, -0.2) is 18.4 Å². The van der Waals surface area contributed by atoms with Crippen molar-refractivity contribution in [3.63, 3.8) is 0 Å². The SMILES string of the molecule is COc1cc(/C=C/C(=O)c2ccc(OCC(O)(Cn3cncn3)c3ccc(F)cc3F)cc2)cc(OC)c1. The first kappa shape index (κ1) is 26.5. The largest absolute Gasteiger partial charge is 0.497 e. The van der Waals surface area contributed by atoms with Gasteiger partial charge in [0.2, 0.25) is 0 Å². The van der Waals surface area contributed by atoms with Crippen molar-refractivity contribution < 1.29 is 32.9 Å². The number of carbonyl (C=O) groups is 1. The van der Waals surface area contributed by atoms with Gasteiger partial charge in [0, 0.05) is 23.3 Å². The summed E-state index contributed by atoms with van der Waals surface area (Å²) in [6.45, 7) is -0.563. The van der Waals surface area contributed by atoms with Crippen LogP contribution >= 0.6 is 0 Å². The third kappa shape index (κ3) is 6.40. The molecule has 1 heterocycles. The molecule has 196 valence electrons. The maximum Gasteiger partial charge on any atom is 0.185 e. The standard InChI is InChI=1S/C28H25F2N3O5/c1-36-23-11-19(12-24(14-23)37-2)3-10-27(34)20-4-7-22(8-5-20)38-16-28(35,15-33-18-31-17-32-33)25-9-6-21(29)13-26(25)30/h3-14,17-18,35H,15-16H2,1-2H3/b10-3+. The fourth-order valence-corrected chi connectivity index (χ4v) is 3.77. The molecule has 1 unspecified atom stereocenters. The second kappa shape index (κ2) is 11.7. The number of hydrogen-bond donors (Lipinski definition) is 1. The highest BCUT2D eigenvalue weighted by Crippen LogP contribution is 2.28. The predicted octanol–water partition coefficient (Wildman–Crippen LogP) is 4.44. The Labute approximate surface area is 217 Å². The van der Waals surface area contributed by atoms with Gasteiger partial charge in [0.15, 0.2) is 5.78 Å². The number of methoxy groups -OCH3 is 2. The summed E-state index contributed by atoms with van der Waals surface area (Å²) in [6, 6.07) is 14.5. The van der Waals surface area contributed by atoms with E-state index in [2.05, 4.69) is 10.1 Å². The van der Waals surface area contributed by atoms with Crippen molar-refractivity contribution in [3.05, 3.63) is 108 Å². The molecule has 0 saturated carbocycles. The summed E-state index contributed by atoms with van der Waals surface area (Å²) in [5.74, 6) is -0.394. The number of aliphatic hydroxyl groups is 1. The number of allylic oxidation sites excluding steroid dienone is 1. The molecule has 1 aromatic heterocycles. The fraction of sp³-hybridized carbons (Fsp3) is 0.179. The minimum Gasteiger partial charge on any atom is -0.497 e. The predicted molar refractivity (Wildman–Crippen MR) is 135 cm³/mol. The van der Waals surface area contributed by atoms with Gasteiger partial charge < -0.3 is 19.3 Å². The molecule has 0 saturated heterocycles. The summed E-state index contributed by atoms with van der Waals surface area (Å²) in [7, 11) is 3.09. The van der Waals surface area contributed by atoms with E-state index in [0.717, 1.165) is 17.7 Å². The first-order chi connectivity index (χ1) is 18.3. The van der Waals surface area contributed by atoms with Gasteiger partial charge in [-0.1, -0.05) is 12.1 Å². The number of carbonyl (C=O) groups excluding carboxylic acids is 1. The van der Waals surface area contributed by atoms with Crippen LogP contribution in [-0.2, 0) is 12.1 Å². The van der Waals surface area contributed by atoms with E-state index in [1.807, 2.05) is 0 Å². The molecule has 3 aromatic carbocycles. The lowest BCUT2D eigenvalue weighted by atomic mass is 9.94. The molecular formula is C28H25F2N3O5. The van der Waals surface area contributed by atoms with Gasteiger partial charge in [-0.15, -0.1) is 0 Å². The van der Waals surface area contributed by atoms with Gasteiger partial charge >= 0.3 is 0 Å². The van der Waals surface area contributed by atoms with Crippen LogP contribution < -0.4 is 14.2 Å². The Balaban J connectivity index is 1.47. The number of hydrogen-bond acceptors (Lipinski definition) is 7. The highest BCUT2D eigenvalue weighted by Gasteiger charge is 2.34. The fourth-order valence-electron chi connectivity index (χ4n) is 3.77. The summed E-state index contributed by atoms with van der Waals surface area (Å²) in [5.41, 5.74) is -0.902. The summed E-state index contributed by atoms with van der Waals surface area (Å²) >= 11 is 0. The normalized spacial score (nSPS) is 12.8. The second-order valence-electron chi connectivity index (χ2n) is 8.41. The molecule has 38 heavy (non-hydrogen) atoms. The molecule has 0 aliphatic carbocycles. The molecule has 8 nitrogen and oxygen atoms in total. The molecule has 0 bridgehead atoms. The van der Waals surface area contributed by atoms with Crippen LogP contribution in [0.2, 0.25) is 0 Å². The molecule has 0 spiro atoms. The van der Waals surface area contributed by atoms with Crippen LogP contribution in [0.5, 0.6) is 17.2 Å². The van der Waals surface area contributed by atoms with Crippen LogP contribution in [0, 0.1) is 11.6 Å². The van der Waals surface area contributed by atoms with Crippen LogP contribution in [0.15, 0.2) is 79.4 Å². The second-order valence-corrected chi connectivity index (χ2v) is 8.41. The third-order valence-corrected chi connectivity index (χ3v) is 5.74. The molecule has 1 atom stereocenters. The number of benzene rings is 3. The maximum atomic E-state index is 14.6. The molecular weight excluding hydrogens is 496 g/mol. The topological polar surface area (TPSA) is 95.7 Å². The number of rotatable bonds is 11. The van der Waals surface area contributed by atoms with Crippen molar-refractivity contribution in [2.45, 2.75) is 12.1 Å². The Morgan fingerprint density at radius 2 is 1.71 bits per heavy atom. The van der Waals surface area contributed by atoms with Gasteiger partial charge in [0.25, 0.3) is 0 Å². The van der Waals surface area contributed by atoms with E-state index in [1.165, 1.54) is 23.4 Å². The smallest absolute Gasteiger partial charge is 0.185 e. The minimum atomic E-state index is -1.89. The maximum absolute atomic E-state index is 14.6. The summed E-state index contributed by atoms with van der Waals surface area (Å²) in [4.78, 5) is 16.5. The Bertz CT molecular complexity index is 1400. The van der Waals surface area contributed by atoms with Gasteiger partial charge in [0.1, 0.15) is 53.7 Å². The molecule has 0 aliphatic rings. The number of aromatic nitrogens is 3. The average Bonchev–Trinajstić information content (AvgIpc) is 3.43. The Kier molecular flexibility index (Phi) is 8.12. The molecule has 0 fully saturated rings. The van der Waals surface area contributed by atoms with E-state index < -0.39 is 17.2 Å². The lowest BCUT2D eigenvalue weighted by Crippen LogP contribution is -2.39. The Hall–Kier alpha value is -4.57. The lowest BCUT2D eigenvalue weighted by molar-refractivity contribution is -0.0297. The van der Waals surface area contributed by atoms with E-state index in [0.29, 0.717) is 28.9 Å². The van der Waals surface area contributed by atoms with Gasteiger partial charge in [-0.2, -0.15) is 5.10 Å². The lowest BCUT2D eigenvalue weighted by Gasteiger charge is -2.29. The first-order valence-corrected chi connectivity index (χ1v) is 11.5. The zero-order valence-corrected chi connectivity index (χ0v) is 20.7. The highest BCUT2D eigenvalue weighted by atomic mass is 19.1. The summed E-state index contributed by atoms with van der Waals surface area (Å²) < 4.78 is 45.6. The number of halogens is 2. The average molecular weight is 522 g/mol.